The van der Waals surface area contributed by atoms with E-state index in [1.807, 2.05) is 26.1 Å². The maximum atomic E-state index is 11.0. The zero-order chi connectivity index (χ0) is 12.4. The molecule has 0 unspecified atom stereocenters. The average molecular weight is 234 g/mol. The highest BCUT2D eigenvalue weighted by atomic mass is 16.4. The Hall–Kier alpha value is -1.42. The molecular weight excluding hydrogens is 216 g/mol. The van der Waals surface area contributed by atoms with Crippen LogP contribution in [0.25, 0.3) is 0 Å². The van der Waals surface area contributed by atoms with Crippen molar-refractivity contribution in [1.82, 2.24) is 9.88 Å². The second-order valence-corrected chi connectivity index (χ2v) is 4.92. The van der Waals surface area contributed by atoms with E-state index >= 15 is 0 Å². The van der Waals surface area contributed by atoms with Crippen molar-refractivity contribution >= 4 is 5.97 Å². The molecule has 0 amide bonds. The van der Waals surface area contributed by atoms with E-state index in [2.05, 4.69) is 16.0 Å². The minimum absolute atomic E-state index is 0.228. The number of nitrogens with zero attached hydrogens (tertiary/aromatic N) is 2. The van der Waals surface area contributed by atoms with Crippen LogP contribution in [0.2, 0.25) is 0 Å². The summed E-state index contributed by atoms with van der Waals surface area (Å²) in [5.74, 6) is -0.679. The molecule has 0 aliphatic carbocycles. The fourth-order valence-electron chi connectivity index (χ4n) is 2.37. The molecule has 0 spiro atoms. The molecule has 0 aromatic carbocycles. The molecule has 1 aliphatic heterocycles. The third-order valence-electron chi connectivity index (χ3n) is 3.38. The lowest BCUT2D eigenvalue weighted by Crippen LogP contribution is -2.23. The highest BCUT2D eigenvalue weighted by Crippen LogP contribution is 2.24. The topological polar surface area (TPSA) is 53.4 Å². The van der Waals surface area contributed by atoms with Crippen LogP contribution in [0.15, 0.2) is 18.3 Å². The fourth-order valence-corrected chi connectivity index (χ4v) is 2.37. The maximum absolute atomic E-state index is 11.0. The van der Waals surface area contributed by atoms with Crippen LogP contribution in [0.3, 0.4) is 0 Å². The average Bonchev–Trinajstić information content (AvgIpc) is 2.63. The van der Waals surface area contributed by atoms with Gasteiger partial charge in [-0.05, 0) is 24.5 Å². The van der Waals surface area contributed by atoms with Crippen LogP contribution in [0, 0.1) is 18.8 Å². The number of carboxylic acids is 1. The zero-order valence-corrected chi connectivity index (χ0v) is 10.3. The standard InChI is InChI=1S/C13H18N2O2/c1-9-6-15(8-12(9)13(16)17)7-11-4-3-10(2)14-5-11/h3-5,9,12H,6-8H2,1-2H3,(H,16,17)/t9-,12-/m1/s1. The number of aliphatic carboxylic acids is 1. The van der Waals surface area contributed by atoms with Gasteiger partial charge in [0.1, 0.15) is 0 Å². The van der Waals surface area contributed by atoms with Crippen LogP contribution in [-0.2, 0) is 11.3 Å². The predicted octanol–water partition coefficient (Wildman–Crippen LogP) is 1.54. The molecule has 2 atom stereocenters. The first kappa shape index (κ1) is 12.0. The zero-order valence-electron chi connectivity index (χ0n) is 10.3. The van der Waals surface area contributed by atoms with Crippen molar-refractivity contribution in [2.24, 2.45) is 11.8 Å². The number of aromatic nitrogens is 1. The van der Waals surface area contributed by atoms with Crippen LogP contribution >= 0.6 is 0 Å². The van der Waals surface area contributed by atoms with Crippen molar-refractivity contribution in [1.29, 1.82) is 0 Å². The largest absolute Gasteiger partial charge is 0.481 e. The van der Waals surface area contributed by atoms with E-state index in [1.54, 1.807) is 0 Å². The van der Waals surface area contributed by atoms with Gasteiger partial charge in [0.15, 0.2) is 0 Å². The Balaban J connectivity index is 1.97. The second kappa shape index (κ2) is 4.84. The minimum atomic E-state index is -0.679. The van der Waals surface area contributed by atoms with Gasteiger partial charge in [-0.15, -0.1) is 0 Å². The van der Waals surface area contributed by atoms with Gasteiger partial charge in [-0.1, -0.05) is 13.0 Å². The number of rotatable bonds is 3. The molecule has 4 heteroatoms. The van der Waals surface area contributed by atoms with Crippen LogP contribution in [0.5, 0.6) is 0 Å². The van der Waals surface area contributed by atoms with Crippen LogP contribution in [-0.4, -0.2) is 34.0 Å². The van der Waals surface area contributed by atoms with Gasteiger partial charge in [0.05, 0.1) is 5.92 Å². The highest BCUT2D eigenvalue weighted by molar-refractivity contribution is 5.71. The van der Waals surface area contributed by atoms with Crippen LogP contribution in [0.4, 0.5) is 0 Å². The summed E-state index contributed by atoms with van der Waals surface area (Å²) in [6, 6.07) is 4.05. The van der Waals surface area contributed by atoms with Crippen molar-refractivity contribution in [2.75, 3.05) is 13.1 Å². The molecule has 2 heterocycles. The van der Waals surface area contributed by atoms with Gasteiger partial charge in [0.2, 0.25) is 0 Å². The molecule has 17 heavy (non-hydrogen) atoms. The van der Waals surface area contributed by atoms with Crippen molar-refractivity contribution < 1.29 is 9.90 Å². The third kappa shape index (κ3) is 2.82. The predicted molar refractivity (Wildman–Crippen MR) is 64.5 cm³/mol. The summed E-state index contributed by atoms with van der Waals surface area (Å²) in [6.45, 7) is 6.25. The minimum Gasteiger partial charge on any atom is -0.481 e. The molecule has 1 aliphatic rings. The fraction of sp³-hybridized carbons (Fsp3) is 0.538. The molecule has 0 radical (unpaired) electrons. The second-order valence-electron chi connectivity index (χ2n) is 4.92. The summed E-state index contributed by atoms with van der Waals surface area (Å²) < 4.78 is 0. The Labute approximate surface area is 101 Å². The Morgan fingerprint density at radius 3 is 2.82 bits per heavy atom. The van der Waals surface area contributed by atoms with Crippen LogP contribution < -0.4 is 0 Å². The number of hydrogen-bond acceptors (Lipinski definition) is 3. The lowest BCUT2D eigenvalue weighted by atomic mass is 9.99. The Morgan fingerprint density at radius 2 is 2.29 bits per heavy atom. The van der Waals surface area contributed by atoms with Crippen molar-refractivity contribution in [3.8, 4) is 0 Å². The number of hydrogen-bond donors (Lipinski definition) is 1. The van der Waals surface area contributed by atoms with E-state index in [9.17, 15) is 4.79 Å². The molecule has 1 fully saturated rings. The van der Waals surface area contributed by atoms with Crippen molar-refractivity contribution in [3.05, 3.63) is 29.6 Å². The first-order chi connectivity index (χ1) is 8.06. The van der Waals surface area contributed by atoms with E-state index in [1.165, 1.54) is 0 Å². The molecule has 1 aromatic heterocycles. The van der Waals surface area contributed by atoms with Gasteiger partial charge >= 0.3 is 5.97 Å². The molecule has 92 valence electrons. The quantitative estimate of drug-likeness (QED) is 0.862. The Bertz CT molecular complexity index is 402. The van der Waals surface area contributed by atoms with Crippen molar-refractivity contribution in [3.63, 3.8) is 0 Å². The molecular formula is C13H18N2O2. The van der Waals surface area contributed by atoms with Crippen LogP contribution in [0.1, 0.15) is 18.2 Å². The van der Waals surface area contributed by atoms with Gasteiger partial charge in [-0.25, -0.2) is 0 Å². The summed E-state index contributed by atoms with van der Waals surface area (Å²) in [4.78, 5) is 17.5. The Morgan fingerprint density at radius 1 is 1.53 bits per heavy atom. The summed E-state index contributed by atoms with van der Waals surface area (Å²) in [5.41, 5.74) is 2.15. The molecule has 1 aromatic rings. The summed E-state index contributed by atoms with van der Waals surface area (Å²) >= 11 is 0. The normalized spacial score (nSPS) is 25.1. The molecule has 4 nitrogen and oxygen atoms in total. The SMILES string of the molecule is Cc1ccc(CN2C[C@@H](C)[C@H](C(=O)O)C2)cn1. The number of likely N-dealkylation sites (tertiary alicyclic amines) is 1. The van der Waals surface area contributed by atoms with Crippen molar-refractivity contribution in [2.45, 2.75) is 20.4 Å². The molecule has 0 bridgehead atoms. The summed E-state index contributed by atoms with van der Waals surface area (Å²) in [6.07, 6.45) is 1.87. The van der Waals surface area contributed by atoms with E-state index in [0.29, 0.717) is 6.54 Å². The van der Waals surface area contributed by atoms with Gasteiger partial charge < -0.3 is 5.11 Å². The highest BCUT2D eigenvalue weighted by Gasteiger charge is 2.34. The number of aryl methyl sites for hydroxylation is 1. The van der Waals surface area contributed by atoms with Gasteiger partial charge in [-0.2, -0.15) is 0 Å². The summed E-state index contributed by atoms with van der Waals surface area (Å²) in [7, 11) is 0. The van der Waals surface area contributed by atoms with E-state index in [-0.39, 0.29) is 11.8 Å². The van der Waals surface area contributed by atoms with Gasteiger partial charge in [0, 0.05) is 31.5 Å². The molecule has 0 saturated carbocycles. The first-order valence-corrected chi connectivity index (χ1v) is 5.93. The van der Waals surface area contributed by atoms with Gasteiger partial charge in [-0.3, -0.25) is 14.7 Å². The molecule has 2 rings (SSSR count). The first-order valence-electron chi connectivity index (χ1n) is 5.93. The number of pyridine rings is 1. The van der Waals surface area contributed by atoms with Gasteiger partial charge in [0.25, 0.3) is 0 Å². The maximum Gasteiger partial charge on any atom is 0.308 e. The lowest BCUT2D eigenvalue weighted by molar-refractivity contribution is -0.142. The lowest BCUT2D eigenvalue weighted by Gasteiger charge is -2.14. The molecule has 1 N–H and O–H groups in total. The smallest absolute Gasteiger partial charge is 0.308 e. The molecule has 1 saturated heterocycles. The Kier molecular flexibility index (Phi) is 3.43. The number of carboxylic acid groups (broad SMARTS) is 1. The summed E-state index contributed by atoms with van der Waals surface area (Å²) in [5, 5.41) is 9.06. The monoisotopic (exact) mass is 234 g/mol. The van der Waals surface area contributed by atoms with E-state index < -0.39 is 5.97 Å². The van der Waals surface area contributed by atoms with E-state index in [0.717, 1.165) is 24.3 Å². The third-order valence-corrected chi connectivity index (χ3v) is 3.38. The number of carbonyl (C=O) groups is 1. The van der Waals surface area contributed by atoms with E-state index in [4.69, 9.17) is 5.11 Å².